The van der Waals surface area contributed by atoms with E-state index >= 15 is 0 Å². The summed E-state index contributed by atoms with van der Waals surface area (Å²) in [5.74, 6) is 0.515. The first-order valence-corrected chi connectivity index (χ1v) is 34.2. The maximum absolute atomic E-state index is 13.0. The topological polar surface area (TPSA) is 360 Å². The Morgan fingerprint density at radius 1 is 0.310 bits per heavy atom. The second-order valence-electron chi connectivity index (χ2n) is 28.9. The minimum absolute atomic E-state index is 0.00532. The zero-order valence-electron chi connectivity index (χ0n) is 64.0. The minimum atomic E-state index is -4.60. The molecular formula is C72H84F12N24O5. The van der Waals surface area contributed by atoms with Gasteiger partial charge in [-0.1, -0.05) is 72.8 Å². The molecule has 0 bridgehead atoms. The van der Waals surface area contributed by atoms with Crippen molar-refractivity contribution < 1.29 is 77.1 Å². The van der Waals surface area contributed by atoms with Crippen molar-refractivity contribution in [3.8, 4) is 46.1 Å². The van der Waals surface area contributed by atoms with Gasteiger partial charge in [0.15, 0.2) is 23.3 Å². The molecule has 0 fully saturated rings. The van der Waals surface area contributed by atoms with Gasteiger partial charge >= 0.3 is 24.7 Å². The number of aromatic nitrogens is 16. The van der Waals surface area contributed by atoms with Gasteiger partial charge in [-0.05, 0) is 177 Å². The van der Waals surface area contributed by atoms with E-state index in [-0.39, 0.29) is 106 Å². The number of nitrogens with zero attached hydrogens (tertiary/aromatic N) is 16. The number of alkyl halides is 12. The Bertz CT molecular complexity index is 4680. The third kappa shape index (κ3) is 31.6. The van der Waals surface area contributed by atoms with Crippen LogP contribution in [-0.4, -0.2) is 125 Å². The first kappa shape index (κ1) is 88.7. The summed E-state index contributed by atoms with van der Waals surface area (Å²) in [6.07, 6.45) is -18.3. The van der Waals surface area contributed by atoms with Crippen LogP contribution in [0.3, 0.4) is 0 Å². The average Bonchev–Trinajstić information content (AvgIpc) is 0.829. The lowest BCUT2D eigenvalue weighted by Gasteiger charge is -2.20. The van der Waals surface area contributed by atoms with E-state index in [2.05, 4.69) is 123 Å². The highest BCUT2D eigenvalue weighted by Gasteiger charge is 2.36. The van der Waals surface area contributed by atoms with Crippen LogP contribution >= 0.6 is 0 Å². The Morgan fingerprint density at radius 3 is 0.885 bits per heavy atom. The van der Waals surface area contributed by atoms with E-state index in [1.54, 1.807) is 46.8 Å². The van der Waals surface area contributed by atoms with E-state index in [4.69, 9.17) is 19.4 Å². The van der Waals surface area contributed by atoms with Gasteiger partial charge in [0.25, 0.3) is 23.8 Å². The number of nitrogens with one attached hydrogen (secondary N) is 8. The number of para-hydroxylation sites is 1. The number of benzene rings is 2. The highest BCUT2D eigenvalue weighted by atomic mass is 19.4. The maximum Gasteiger partial charge on any atom is 0.433 e. The van der Waals surface area contributed by atoms with Crippen LogP contribution in [0.25, 0.3) is 46.1 Å². The smallest absolute Gasteiger partial charge is 0.389 e. The SMILES string of the molecule is CC(C)(C)ONc1nc(NCc2ccccc2)nc(-c2cccc(C(F)(F)F)n2)n1.CC(C)(C)ONc1nc(Nc2ccccc2)nc(-c2cccc(C(F)(F)F)n2)n1.CC(C)(O)CNc1nc(NOC(C)(C)C)nc(-c2cccc(C(F)(F)F)n2)n1.CC(C)Nc1nc(NOC(C)(C)C)nc(-c2cccc(C(F)(F)F)n2)n1. The van der Waals surface area contributed by atoms with Crippen LogP contribution in [0.5, 0.6) is 0 Å². The van der Waals surface area contributed by atoms with Gasteiger partial charge in [-0.25, -0.2) is 41.9 Å². The molecule has 8 heterocycles. The molecule has 0 unspecified atom stereocenters. The van der Waals surface area contributed by atoms with Gasteiger partial charge in [-0.3, -0.25) is 19.4 Å². The van der Waals surface area contributed by atoms with Gasteiger partial charge < -0.3 is 26.4 Å². The van der Waals surface area contributed by atoms with Crippen molar-refractivity contribution >= 4 is 53.3 Å². The molecule has 9 N–H and O–H groups in total. The Balaban J connectivity index is 0.000000209. The molecule has 41 heteroatoms. The fraction of sp³-hybridized carbons (Fsp3) is 0.389. The van der Waals surface area contributed by atoms with Crippen molar-refractivity contribution in [2.45, 2.75) is 176 Å². The molecule has 0 amide bonds. The molecule has 8 aromatic heterocycles. The monoisotopic (exact) mass is 1590 g/mol. The summed E-state index contributed by atoms with van der Waals surface area (Å²) in [6.45, 7) is 29.2. The number of rotatable bonds is 22. The lowest BCUT2D eigenvalue weighted by atomic mass is 10.1. The summed E-state index contributed by atoms with van der Waals surface area (Å²) < 4.78 is 156. The Kier molecular flexibility index (Phi) is 29.2. The van der Waals surface area contributed by atoms with Crippen molar-refractivity contribution in [2.75, 3.05) is 49.7 Å². The maximum atomic E-state index is 13.0. The predicted octanol–water partition coefficient (Wildman–Crippen LogP) is 16.7. The molecule has 29 nitrogen and oxygen atoms in total. The molecule has 10 aromatic rings. The van der Waals surface area contributed by atoms with Crippen LogP contribution in [0.15, 0.2) is 133 Å². The number of anilines is 9. The molecule has 113 heavy (non-hydrogen) atoms. The molecule has 0 atom stereocenters. The molecule has 0 saturated carbocycles. The van der Waals surface area contributed by atoms with Crippen molar-refractivity contribution in [3.05, 3.63) is 162 Å². The van der Waals surface area contributed by atoms with Gasteiger partial charge in [-0.15, -0.1) is 0 Å². The average molecular weight is 1590 g/mol. The Morgan fingerprint density at radius 2 is 0.584 bits per heavy atom. The van der Waals surface area contributed by atoms with Gasteiger partial charge in [0.05, 0.1) is 28.0 Å². The number of hydrogen-bond acceptors (Lipinski definition) is 29. The summed E-state index contributed by atoms with van der Waals surface area (Å²) in [5.41, 5.74) is 4.53. The van der Waals surface area contributed by atoms with Gasteiger partial charge in [-0.2, -0.15) is 112 Å². The van der Waals surface area contributed by atoms with Gasteiger partial charge in [0.1, 0.15) is 45.6 Å². The van der Waals surface area contributed by atoms with Crippen molar-refractivity contribution in [2.24, 2.45) is 0 Å². The fourth-order valence-corrected chi connectivity index (χ4v) is 8.07. The van der Waals surface area contributed by atoms with Crippen LogP contribution in [-0.2, 0) is 50.6 Å². The first-order valence-electron chi connectivity index (χ1n) is 34.2. The third-order valence-electron chi connectivity index (χ3n) is 12.8. The van der Waals surface area contributed by atoms with Crippen LogP contribution in [0.2, 0.25) is 0 Å². The van der Waals surface area contributed by atoms with Crippen LogP contribution < -0.4 is 43.2 Å². The quantitative estimate of drug-likeness (QED) is 0.0225. The molecule has 0 aliphatic heterocycles. The van der Waals surface area contributed by atoms with Crippen molar-refractivity contribution in [1.82, 2.24) is 79.7 Å². The summed E-state index contributed by atoms with van der Waals surface area (Å²) in [5, 5.41) is 21.7. The molecule has 0 saturated heterocycles. The predicted molar refractivity (Wildman–Crippen MR) is 397 cm³/mol. The Hall–Kier alpha value is -11.6. The highest BCUT2D eigenvalue weighted by Crippen LogP contribution is 2.34. The van der Waals surface area contributed by atoms with Crippen LogP contribution in [0.4, 0.5) is 106 Å². The van der Waals surface area contributed by atoms with E-state index in [1.807, 2.05) is 125 Å². The number of pyridine rings is 4. The normalized spacial score (nSPS) is 12.2. The third-order valence-corrected chi connectivity index (χ3v) is 12.8. The van der Waals surface area contributed by atoms with Crippen molar-refractivity contribution in [3.63, 3.8) is 0 Å². The minimum Gasteiger partial charge on any atom is -0.389 e. The zero-order chi connectivity index (χ0) is 83.5. The van der Waals surface area contributed by atoms with Crippen LogP contribution in [0, 0.1) is 0 Å². The molecule has 10 rings (SSSR count). The molecule has 2 aromatic carbocycles. The second-order valence-corrected chi connectivity index (χ2v) is 28.9. The lowest BCUT2D eigenvalue weighted by molar-refractivity contribution is -0.141. The molecule has 0 radical (unpaired) electrons. The second kappa shape index (κ2) is 37.2. The van der Waals surface area contributed by atoms with E-state index in [0.29, 0.717) is 12.2 Å². The Labute approximate surface area is 641 Å². The molecule has 0 aliphatic carbocycles. The number of halogens is 12. The highest BCUT2D eigenvalue weighted by molar-refractivity contribution is 5.60. The fourth-order valence-electron chi connectivity index (χ4n) is 8.07. The molecular weight excluding hydrogens is 1510 g/mol. The van der Waals surface area contributed by atoms with Gasteiger partial charge in [0.2, 0.25) is 23.8 Å². The van der Waals surface area contributed by atoms with E-state index in [9.17, 15) is 57.8 Å². The molecule has 0 spiro atoms. The molecule has 0 aliphatic rings. The summed E-state index contributed by atoms with van der Waals surface area (Å²) in [7, 11) is 0. The lowest BCUT2D eigenvalue weighted by Crippen LogP contribution is -2.30. The van der Waals surface area contributed by atoms with E-state index in [0.717, 1.165) is 29.8 Å². The van der Waals surface area contributed by atoms with Gasteiger partial charge in [0, 0.05) is 24.8 Å². The van der Waals surface area contributed by atoms with Crippen LogP contribution in [0.1, 0.15) is 139 Å². The summed E-state index contributed by atoms with van der Waals surface area (Å²) in [6, 6.07) is 32.7. The number of aliphatic hydroxyl groups is 1. The van der Waals surface area contributed by atoms with Crippen molar-refractivity contribution in [1.29, 1.82) is 0 Å². The van der Waals surface area contributed by atoms with E-state index < -0.39 is 75.5 Å². The first-order chi connectivity index (χ1) is 52.4. The standard InChI is InChI=1S/C20H21F3N6O.C19H19F3N6O.C17H23F3N6O2.C16H21F3N6O/c1-19(2,3)30-29-18-27-16(14-10-7-11-15(25-14)20(21,22)23)26-17(28-18)24-12-13-8-5-4-6-9-13;1-18(2,3)29-28-17-26-15(13-10-7-11-14(24-13)19(20,21)22)25-16(27-17)23-12-8-5-4-6-9-12;1-15(2,3)28-26-14-24-12(23-13(25-14)21-9-16(4,5)27)10-7-6-8-11(22-10)17(18,19)20;1-9(2)20-13-22-12(23-14(24-13)25-26-15(3,4)5)10-7-6-8-11(21-10)16(17,18)19/h4-11H,12H2,1-3H3,(H2,24,26,27,28,29);4-11H,1-3H3,(H2,23,25,26,27,28);6-8,27H,9H2,1-5H3,(H2,21,23,24,25,26);6-9H,1-5H3,(H2,20,22,23,24,25). The van der Waals surface area contributed by atoms with E-state index in [1.165, 1.54) is 48.5 Å². The molecule has 606 valence electrons. The summed E-state index contributed by atoms with van der Waals surface area (Å²) >= 11 is 0. The zero-order valence-corrected chi connectivity index (χ0v) is 64.0. The largest absolute Gasteiger partial charge is 0.433 e. The summed E-state index contributed by atoms with van der Waals surface area (Å²) in [4.78, 5) is 86.1. The number of hydrogen-bond donors (Lipinski definition) is 9.